The summed E-state index contributed by atoms with van der Waals surface area (Å²) in [6, 6.07) is 24.2. The number of carbonyl (C=O) groups is 2. The molecule has 2 amide bonds. The molecule has 0 aliphatic carbocycles. The predicted octanol–water partition coefficient (Wildman–Crippen LogP) is 6.04. The zero-order chi connectivity index (χ0) is 27.9. The van der Waals surface area contributed by atoms with Crippen LogP contribution in [0.15, 0.2) is 83.8 Å². The molecule has 0 aliphatic rings. The fraction of sp³-hybridized carbons (Fsp3) is 0.323. The molecule has 3 rings (SSSR count). The molecule has 7 nitrogen and oxygen atoms in total. The Morgan fingerprint density at radius 1 is 0.923 bits per heavy atom. The van der Waals surface area contributed by atoms with E-state index in [1.54, 1.807) is 17.8 Å². The van der Waals surface area contributed by atoms with E-state index in [2.05, 4.69) is 34.9 Å². The van der Waals surface area contributed by atoms with E-state index in [0.717, 1.165) is 12.1 Å². The van der Waals surface area contributed by atoms with Gasteiger partial charge in [-0.15, -0.1) is 11.8 Å². The van der Waals surface area contributed by atoms with Crippen molar-refractivity contribution in [2.45, 2.75) is 49.9 Å². The number of alkyl carbamates (subject to hydrolysis) is 1. The lowest BCUT2D eigenvalue weighted by Gasteiger charge is -2.19. The van der Waals surface area contributed by atoms with Crippen molar-refractivity contribution in [2.24, 2.45) is 0 Å². The van der Waals surface area contributed by atoms with E-state index >= 15 is 0 Å². The van der Waals surface area contributed by atoms with E-state index in [9.17, 15) is 9.59 Å². The highest BCUT2D eigenvalue weighted by molar-refractivity contribution is 7.98. The van der Waals surface area contributed by atoms with Crippen LogP contribution in [0.1, 0.15) is 44.1 Å². The molecule has 1 heterocycles. The van der Waals surface area contributed by atoms with Crippen molar-refractivity contribution in [3.8, 4) is 5.75 Å². The van der Waals surface area contributed by atoms with Gasteiger partial charge in [0.05, 0.1) is 12.3 Å². The Balaban J connectivity index is 1.55. The van der Waals surface area contributed by atoms with Crippen LogP contribution in [0.3, 0.4) is 0 Å². The van der Waals surface area contributed by atoms with Crippen LogP contribution in [0.25, 0.3) is 6.08 Å². The number of aromatic nitrogens is 1. The summed E-state index contributed by atoms with van der Waals surface area (Å²) in [5.74, 6) is 1.09. The number of hydrogen-bond donors (Lipinski definition) is 2. The molecule has 0 fully saturated rings. The molecular weight excluding hydrogens is 510 g/mol. The lowest BCUT2D eigenvalue weighted by molar-refractivity contribution is -0.116. The number of hydrogen-bond acceptors (Lipinski definition) is 6. The van der Waals surface area contributed by atoms with E-state index < -0.39 is 11.7 Å². The highest BCUT2D eigenvalue weighted by atomic mass is 32.2. The highest BCUT2D eigenvalue weighted by Gasteiger charge is 2.15. The zero-order valence-corrected chi connectivity index (χ0v) is 23.6. The Labute approximate surface area is 235 Å². The Morgan fingerprint density at radius 2 is 1.62 bits per heavy atom. The predicted molar refractivity (Wildman–Crippen MR) is 157 cm³/mol. The van der Waals surface area contributed by atoms with Gasteiger partial charge in [0, 0.05) is 36.2 Å². The standard InChI is InChI=1S/C31H37N3O4S/c1-31(2,3)38-30(36)33-21-10-20-32-29(35)18-16-27-28(37-22-19-24-11-6-4-7-12-24)17-15-25(34-27)23-39-26-13-8-5-9-14-26/h4-9,11-18H,10,19-23H2,1-3H3,(H,32,35)(H,33,36)/b18-16+. The third-order valence-electron chi connectivity index (χ3n) is 5.28. The third-order valence-corrected chi connectivity index (χ3v) is 6.32. The fourth-order valence-electron chi connectivity index (χ4n) is 3.44. The van der Waals surface area contributed by atoms with E-state index in [0.29, 0.717) is 43.3 Å². The minimum absolute atomic E-state index is 0.242. The summed E-state index contributed by atoms with van der Waals surface area (Å²) in [5.41, 5.74) is 2.15. The van der Waals surface area contributed by atoms with Gasteiger partial charge in [0.2, 0.25) is 5.91 Å². The molecule has 0 spiro atoms. The smallest absolute Gasteiger partial charge is 0.407 e. The molecule has 0 bridgehead atoms. The van der Waals surface area contributed by atoms with E-state index in [1.807, 2.05) is 69.3 Å². The molecule has 0 saturated carbocycles. The van der Waals surface area contributed by atoms with Gasteiger partial charge in [-0.1, -0.05) is 48.5 Å². The lowest BCUT2D eigenvalue weighted by atomic mass is 10.2. The SMILES string of the molecule is CC(C)(C)OC(=O)NCCCNC(=O)/C=C/c1nc(CSc2ccccc2)ccc1OCCc1ccccc1. The molecule has 0 saturated heterocycles. The van der Waals surface area contributed by atoms with E-state index in [-0.39, 0.29) is 5.91 Å². The summed E-state index contributed by atoms with van der Waals surface area (Å²) in [4.78, 5) is 30.1. The van der Waals surface area contributed by atoms with Gasteiger partial charge in [-0.3, -0.25) is 4.79 Å². The maximum absolute atomic E-state index is 12.4. The maximum Gasteiger partial charge on any atom is 0.407 e. The third kappa shape index (κ3) is 12.1. The minimum Gasteiger partial charge on any atom is -0.491 e. The number of amides is 2. The summed E-state index contributed by atoms with van der Waals surface area (Å²) in [6.45, 7) is 6.76. The van der Waals surface area contributed by atoms with Crippen LogP contribution >= 0.6 is 11.8 Å². The van der Waals surface area contributed by atoms with E-state index in [4.69, 9.17) is 14.5 Å². The summed E-state index contributed by atoms with van der Waals surface area (Å²) in [5, 5.41) is 5.51. The summed E-state index contributed by atoms with van der Waals surface area (Å²) in [7, 11) is 0. The number of ether oxygens (including phenoxy) is 2. The lowest BCUT2D eigenvalue weighted by Crippen LogP contribution is -2.34. The first-order chi connectivity index (χ1) is 18.8. The van der Waals surface area contributed by atoms with Crippen LogP contribution in [0.2, 0.25) is 0 Å². The quantitative estimate of drug-likeness (QED) is 0.154. The topological polar surface area (TPSA) is 89.6 Å². The first kappa shape index (κ1) is 29.8. The number of benzene rings is 2. The van der Waals surface area contributed by atoms with Gasteiger partial charge in [-0.25, -0.2) is 9.78 Å². The Kier molecular flexibility index (Phi) is 11.9. The molecule has 39 heavy (non-hydrogen) atoms. The van der Waals surface area contributed by atoms with Crippen LogP contribution in [0.5, 0.6) is 5.75 Å². The van der Waals surface area contributed by atoms with Gasteiger partial charge in [-0.05, 0) is 63.1 Å². The highest BCUT2D eigenvalue weighted by Crippen LogP contribution is 2.25. The molecule has 3 aromatic rings. The van der Waals surface area contributed by atoms with Crippen molar-refractivity contribution >= 4 is 29.8 Å². The van der Waals surface area contributed by atoms with Crippen molar-refractivity contribution in [2.75, 3.05) is 19.7 Å². The van der Waals surface area contributed by atoms with Crippen molar-refractivity contribution in [1.82, 2.24) is 15.6 Å². The molecule has 0 unspecified atom stereocenters. The van der Waals surface area contributed by atoms with Gasteiger partial charge < -0.3 is 20.1 Å². The first-order valence-corrected chi connectivity index (χ1v) is 14.0. The normalized spacial score (nSPS) is 11.3. The number of thioether (sulfide) groups is 1. The molecular formula is C31H37N3O4S. The van der Waals surface area contributed by atoms with Gasteiger partial charge in [-0.2, -0.15) is 0 Å². The van der Waals surface area contributed by atoms with Crippen LogP contribution < -0.4 is 15.4 Å². The van der Waals surface area contributed by atoms with Crippen molar-refractivity contribution in [1.29, 1.82) is 0 Å². The molecule has 8 heteroatoms. The number of pyridine rings is 1. The van der Waals surface area contributed by atoms with Crippen LogP contribution in [-0.2, 0) is 21.7 Å². The molecule has 206 valence electrons. The number of rotatable bonds is 13. The van der Waals surface area contributed by atoms with Gasteiger partial charge in [0.25, 0.3) is 0 Å². The summed E-state index contributed by atoms with van der Waals surface area (Å²) >= 11 is 1.70. The molecule has 2 aromatic carbocycles. The molecule has 1 aromatic heterocycles. The van der Waals surface area contributed by atoms with Gasteiger partial charge in [0.1, 0.15) is 17.0 Å². The Morgan fingerprint density at radius 3 is 2.33 bits per heavy atom. The van der Waals surface area contributed by atoms with Crippen molar-refractivity contribution < 1.29 is 19.1 Å². The van der Waals surface area contributed by atoms with Crippen molar-refractivity contribution in [3.05, 3.63) is 95.8 Å². The first-order valence-electron chi connectivity index (χ1n) is 13.1. The maximum atomic E-state index is 12.4. The zero-order valence-electron chi connectivity index (χ0n) is 22.8. The number of nitrogens with one attached hydrogen (secondary N) is 2. The van der Waals surface area contributed by atoms with Crippen LogP contribution in [-0.4, -0.2) is 42.3 Å². The van der Waals surface area contributed by atoms with Gasteiger partial charge >= 0.3 is 6.09 Å². The molecule has 2 N–H and O–H groups in total. The van der Waals surface area contributed by atoms with Crippen LogP contribution in [0.4, 0.5) is 4.79 Å². The summed E-state index contributed by atoms with van der Waals surface area (Å²) < 4.78 is 11.3. The summed E-state index contributed by atoms with van der Waals surface area (Å²) in [6.07, 6.45) is 4.03. The second-order valence-electron chi connectivity index (χ2n) is 9.78. The number of nitrogens with zero attached hydrogens (tertiary/aromatic N) is 1. The largest absolute Gasteiger partial charge is 0.491 e. The fourth-order valence-corrected chi connectivity index (χ4v) is 4.27. The Bertz CT molecular complexity index is 1210. The van der Waals surface area contributed by atoms with Crippen molar-refractivity contribution in [3.63, 3.8) is 0 Å². The monoisotopic (exact) mass is 547 g/mol. The Hall–Kier alpha value is -3.78. The van der Waals surface area contributed by atoms with Gasteiger partial charge in [0.15, 0.2) is 0 Å². The van der Waals surface area contributed by atoms with E-state index in [1.165, 1.54) is 16.5 Å². The minimum atomic E-state index is -0.543. The molecule has 0 radical (unpaired) electrons. The second-order valence-corrected chi connectivity index (χ2v) is 10.8. The number of carbonyl (C=O) groups excluding carboxylic acids is 2. The molecule has 0 atom stereocenters. The van der Waals surface area contributed by atoms with Crippen LogP contribution in [0, 0.1) is 0 Å². The second kappa shape index (κ2) is 15.6. The average Bonchev–Trinajstić information content (AvgIpc) is 2.91. The molecule has 0 aliphatic heterocycles. The average molecular weight is 548 g/mol.